The molecule has 25 heavy (non-hydrogen) atoms. The van der Waals surface area contributed by atoms with E-state index in [1.165, 1.54) is 12.1 Å². The van der Waals surface area contributed by atoms with Crippen LogP contribution in [0.2, 0.25) is 0 Å². The third-order valence-electron chi connectivity index (χ3n) is 2.89. The quantitative estimate of drug-likeness (QED) is 0.722. The van der Waals surface area contributed by atoms with E-state index in [1.54, 1.807) is 0 Å². The van der Waals surface area contributed by atoms with Crippen LogP contribution in [0.3, 0.4) is 0 Å². The lowest BCUT2D eigenvalue weighted by atomic mass is 10.2. The molecule has 0 spiro atoms. The second-order valence-corrected chi connectivity index (χ2v) is 6.77. The van der Waals surface area contributed by atoms with Crippen molar-refractivity contribution in [3.63, 3.8) is 0 Å². The van der Waals surface area contributed by atoms with Crippen molar-refractivity contribution in [2.24, 2.45) is 0 Å². The van der Waals surface area contributed by atoms with Crippen LogP contribution < -0.4 is 10.5 Å². The summed E-state index contributed by atoms with van der Waals surface area (Å²) in [5.41, 5.74) is 5.99. The zero-order valence-corrected chi connectivity index (χ0v) is 13.2. The van der Waals surface area contributed by atoms with Gasteiger partial charge in [0.25, 0.3) is 10.9 Å². The first kappa shape index (κ1) is 16.9. The predicted octanol–water partition coefficient (Wildman–Crippen LogP) is 1.07. The molecule has 0 radical (unpaired) electrons. The highest BCUT2D eigenvalue weighted by atomic mass is 32.2. The summed E-state index contributed by atoms with van der Waals surface area (Å²) in [4.78, 5) is 11.4. The van der Waals surface area contributed by atoms with E-state index in [9.17, 15) is 21.6 Å². The Kier molecular flexibility index (Phi) is 3.74. The van der Waals surface area contributed by atoms with Gasteiger partial charge in [0.15, 0.2) is 5.82 Å². The monoisotopic (exact) mass is 374 g/mol. The van der Waals surface area contributed by atoms with Gasteiger partial charge in [-0.15, -0.1) is 18.3 Å². The Bertz CT molecular complexity index is 1050. The van der Waals surface area contributed by atoms with E-state index in [2.05, 4.69) is 24.8 Å². The first-order valence-corrected chi connectivity index (χ1v) is 8.38. The third kappa shape index (κ3) is 3.60. The fourth-order valence-electron chi connectivity index (χ4n) is 1.88. The zero-order valence-electron chi connectivity index (χ0n) is 12.4. The van der Waals surface area contributed by atoms with Gasteiger partial charge in [-0.05, 0) is 24.3 Å². The zero-order chi connectivity index (χ0) is 18.4. The maximum absolute atomic E-state index is 12.2. The minimum atomic E-state index is -4.80. The Labute approximate surface area is 138 Å². The van der Waals surface area contributed by atoms with Gasteiger partial charge >= 0.3 is 6.36 Å². The van der Waals surface area contributed by atoms with Crippen LogP contribution in [0.15, 0.2) is 29.4 Å². The van der Waals surface area contributed by atoms with Crippen LogP contribution in [0.1, 0.15) is 0 Å². The largest absolute Gasteiger partial charge is 0.573 e. The standard InChI is InChI=1S/C12H9F3N6O3S/c1-25(22,23)11-18-9(16)21-10(19-11)17-8(20-21)6-2-4-7(5-3-6)24-12(13,14)15/h2-5H,1H3,(H2,16,17,18,19,20). The van der Waals surface area contributed by atoms with Crippen molar-refractivity contribution < 1.29 is 26.3 Å². The number of anilines is 1. The molecule has 0 atom stereocenters. The fourth-order valence-corrected chi connectivity index (χ4v) is 2.39. The molecule has 132 valence electrons. The highest BCUT2D eigenvalue weighted by Crippen LogP contribution is 2.25. The Morgan fingerprint density at radius 1 is 1.12 bits per heavy atom. The van der Waals surface area contributed by atoms with Gasteiger partial charge in [0.1, 0.15) is 5.75 Å². The Balaban J connectivity index is 2.01. The first-order valence-electron chi connectivity index (χ1n) is 6.49. The molecule has 0 saturated carbocycles. The number of hydrogen-bond acceptors (Lipinski definition) is 8. The molecule has 2 N–H and O–H groups in total. The molecule has 0 bridgehead atoms. The third-order valence-corrected chi connectivity index (χ3v) is 3.74. The average molecular weight is 374 g/mol. The number of nitrogens with two attached hydrogens (primary N) is 1. The van der Waals surface area contributed by atoms with Crippen LogP contribution in [0.25, 0.3) is 17.2 Å². The van der Waals surface area contributed by atoms with Crippen molar-refractivity contribution in [3.8, 4) is 17.1 Å². The van der Waals surface area contributed by atoms with Crippen LogP contribution in [-0.4, -0.2) is 45.6 Å². The number of rotatable bonds is 3. The summed E-state index contributed by atoms with van der Waals surface area (Å²) >= 11 is 0. The minimum absolute atomic E-state index is 0.0743. The van der Waals surface area contributed by atoms with Gasteiger partial charge in [-0.1, -0.05) is 0 Å². The van der Waals surface area contributed by atoms with Crippen LogP contribution >= 0.6 is 0 Å². The predicted molar refractivity (Wildman–Crippen MR) is 78.2 cm³/mol. The number of benzene rings is 1. The van der Waals surface area contributed by atoms with E-state index in [0.717, 1.165) is 22.9 Å². The second-order valence-electron chi connectivity index (χ2n) is 4.86. The van der Waals surface area contributed by atoms with Gasteiger partial charge in [0.05, 0.1) is 0 Å². The number of aromatic nitrogens is 5. The van der Waals surface area contributed by atoms with E-state index in [-0.39, 0.29) is 17.6 Å². The molecule has 3 aromatic rings. The van der Waals surface area contributed by atoms with Gasteiger partial charge in [-0.25, -0.2) is 8.42 Å². The summed E-state index contributed by atoms with van der Waals surface area (Å²) in [6, 6.07) is 4.78. The molecule has 2 heterocycles. The van der Waals surface area contributed by atoms with Crippen molar-refractivity contribution in [2.45, 2.75) is 11.5 Å². The van der Waals surface area contributed by atoms with Gasteiger partial charge < -0.3 is 10.5 Å². The SMILES string of the molecule is CS(=O)(=O)c1nc(N)n2nc(-c3ccc(OC(F)(F)F)cc3)nc2n1. The van der Waals surface area contributed by atoms with Crippen LogP contribution in [0, 0.1) is 0 Å². The molecule has 0 unspecified atom stereocenters. The number of sulfone groups is 1. The molecule has 0 aliphatic carbocycles. The Hall–Kier alpha value is -2.96. The average Bonchev–Trinajstić information content (AvgIpc) is 2.90. The summed E-state index contributed by atoms with van der Waals surface area (Å²) in [6.07, 6.45) is -3.89. The summed E-state index contributed by atoms with van der Waals surface area (Å²) < 4.78 is 64.3. The number of nitrogens with zero attached hydrogens (tertiary/aromatic N) is 5. The van der Waals surface area contributed by atoms with Crippen molar-refractivity contribution in [1.29, 1.82) is 0 Å². The van der Waals surface area contributed by atoms with Crippen LogP contribution in [0.4, 0.5) is 19.1 Å². The molecule has 2 aromatic heterocycles. The van der Waals surface area contributed by atoms with Gasteiger partial charge in [-0.2, -0.15) is 19.5 Å². The molecule has 0 aliphatic heterocycles. The van der Waals surface area contributed by atoms with Gasteiger partial charge in [0, 0.05) is 11.8 Å². The number of nitrogen functional groups attached to an aromatic ring is 1. The fraction of sp³-hybridized carbons (Fsp3) is 0.167. The molecule has 9 nitrogen and oxygen atoms in total. The molecule has 0 fully saturated rings. The minimum Gasteiger partial charge on any atom is -0.406 e. The second kappa shape index (κ2) is 5.54. The van der Waals surface area contributed by atoms with Crippen molar-refractivity contribution in [1.82, 2.24) is 24.6 Å². The molecule has 13 heteroatoms. The van der Waals surface area contributed by atoms with Crippen molar-refractivity contribution >= 4 is 21.6 Å². The van der Waals surface area contributed by atoms with E-state index in [4.69, 9.17) is 5.73 Å². The number of hydrogen-bond donors (Lipinski definition) is 1. The van der Waals surface area contributed by atoms with Gasteiger partial charge in [0.2, 0.25) is 15.8 Å². The van der Waals surface area contributed by atoms with E-state index in [0.29, 0.717) is 5.56 Å². The van der Waals surface area contributed by atoms with Crippen LogP contribution in [-0.2, 0) is 9.84 Å². The Morgan fingerprint density at radius 2 is 1.76 bits per heavy atom. The number of ether oxygens (including phenoxy) is 1. The van der Waals surface area contributed by atoms with E-state index < -0.39 is 27.1 Å². The highest BCUT2D eigenvalue weighted by Gasteiger charge is 2.31. The number of fused-ring (bicyclic) bond motifs is 1. The lowest BCUT2D eigenvalue weighted by Gasteiger charge is -2.08. The van der Waals surface area contributed by atoms with Crippen molar-refractivity contribution in [2.75, 3.05) is 12.0 Å². The lowest BCUT2D eigenvalue weighted by molar-refractivity contribution is -0.274. The molecular weight excluding hydrogens is 365 g/mol. The van der Waals surface area contributed by atoms with Crippen LogP contribution in [0.5, 0.6) is 5.75 Å². The Morgan fingerprint density at radius 3 is 2.32 bits per heavy atom. The summed E-state index contributed by atoms with van der Waals surface area (Å²) in [5.74, 6) is -0.691. The molecule has 0 saturated heterocycles. The summed E-state index contributed by atoms with van der Waals surface area (Å²) in [7, 11) is -3.70. The topological polar surface area (TPSA) is 125 Å². The smallest absolute Gasteiger partial charge is 0.406 e. The summed E-state index contributed by atoms with van der Waals surface area (Å²) in [5, 5.41) is 3.50. The highest BCUT2D eigenvalue weighted by molar-refractivity contribution is 7.90. The summed E-state index contributed by atoms with van der Waals surface area (Å²) in [6.45, 7) is 0. The van der Waals surface area contributed by atoms with Gasteiger partial charge in [-0.3, -0.25) is 0 Å². The maximum Gasteiger partial charge on any atom is 0.573 e. The molecule has 0 aliphatic rings. The number of halogens is 3. The molecular formula is C12H9F3N6O3S. The van der Waals surface area contributed by atoms with Crippen molar-refractivity contribution in [3.05, 3.63) is 24.3 Å². The maximum atomic E-state index is 12.2. The molecule has 0 amide bonds. The first-order chi connectivity index (χ1) is 11.5. The van der Waals surface area contributed by atoms with E-state index >= 15 is 0 Å². The molecule has 3 rings (SSSR count). The van der Waals surface area contributed by atoms with E-state index in [1.807, 2.05) is 0 Å². The number of alkyl halides is 3. The normalized spacial score (nSPS) is 12.5. The molecule has 1 aromatic carbocycles. The lowest BCUT2D eigenvalue weighted by Crippen LogP contribution is -2.16.